The van der Waals surface area contributed by atoms with E-state index in [9.17, 15) is 18.0 Å². The maximum atomic E-state index is 12.5. The molecule has 0 aliphatic heterocycles. The first-order chi connectivity index (χ1) is 8.73. The van der Waals surface area contributed by atoms with Crippen molar-refractivity contribution in [1.82, 2.24) is 5.32 Å². The Morgan fingerprint density at radius 3 is 2.42 bits per heavy atom. The standard InChI is InChI=1S/C13H16F3NO2/c1-8-5-3-4-6-10(8)9(2)17-7-11(12(18)19)13(14,15)16/h3-6,9,11,17H,7H2,1-2H3,(H,18,19)/t9-,11?/m1/s1. The number of aryl methyl sites for hydroxylation is 1. The van der Waals surface area contributed by atoms with Crippen LogP contribution in [0, 0.1) is 12.8 Å². The Bertz CT molecular complexity index is 446. The molecule has 6 heteroatoms. The largest absolute Gasteiger partial charge is 0.481 e. The first-order valence-corrected chi connectivity index (χ1v) is 5.82. The van der Waals surface area contributed by atoms with E-state index in [4.69, 9.17) is 5.11 Å². The number of nitrogens with one attached hydrogen (secondary N) is 1. The van der Waals surface area contributed by atoms with Gasteiger partial charge in [0.25, 0.3) is 0 Å². The van der Waals surface area contributed by atoms with E-state index < -0.39 is 24.6 Å². The summed E-state index contributed by atoms with van der Waals surface area (Å²) in [6, 6.07) is 6.94. The molecule has 2 N–H and O–H groups in total. The Morgan fingerprint density at radius 2 is 1.95 bits per heavy atom. The highest BCUT2D eigenvalue weighted by atomic mass is 19.4. The van der Waals surface area contributed by atoms with Gasteiger partial charge in [0, 0.05) is 12.6 Å². The van der Waals surface area contributed by atoms with E-state index in [-0.39, 0.29) is 6.04 Å². The van der Waals surface area contributed by atoms with E-state index in [1.165, 1.54) is 0 Å². The van der Waals surface area contributed by atoms with Crippen LogP contribution in [0.2, 0.25) is 0 Å². The van der Waals surface area contributed by atoms with Crippen molar-refractivity contribution < 1.29 is 23.1 Å². The van der Waals surface area contributed by atoms with E-state index in [0.29, 0.717) is 0 Å². The Hall–Kier alpha value is -1.56. The van der Waals surface area contributed by atoms with Crippen LogP contribution < -0.4 is 5.32 Å². The number of rotatable bonds is 5. The fourth-order valence-corrected chi connectivity index (χ4v) is 1.82. The number of hydrogen-bond acceptors (Lipinski definition) is 2. The van der Waals surface area contributed by atoms with Crippen molar-refractivity contribution in [2.75, 3.05) is 6.54 Å². The number of carbonyl (C=O) groups is 1. The minimum Gasteiger partial charge on any atom is -0.481 e. The van der Waals surface area contributed by atoms with Gasteiger partial charge in [0.2, 0.25) is 0 Å². The van der Waals surface area contributed by atoms with Gasteiger partial charge in [-0.25, -0.2) is 0 Å². The van der Waals surface area contributed by atoms with Gasteiger partial charge in [-0.15, -0.1) is 0 Å². The van der Waals surface area contributed by atoms with Crippen molar-refractivity contribution >= 4 is 5.97 Å². The Morgan fingerprint density at radius 1 is 1.37 bits per heavy atom. The number of halogens is 3. The molecule has 106 valence electrons. The molecule has 0 aromatic heterocycles. The predicted molar refractivity (Wildman–Crippen MR) is 64.8 cm³/mol. The Labute approximate surface area is 109 Å². The van der Waals surface area contributed by atoms with Gasteiger partial charge >= 0.3 is 12.1 Å². The van der Waals surface area contributed by atoms with E-state index in [1.807, 2.05) is 19.1 Å². The second-order valence-electron chi connectivity index (χ2n) is 4.42. The van der Waals surface area contributed by atoms with E-state index >= 15 is 0 Å². The lowest BCUT2D eigenvalue weighted by Gasteiger charge is -2.21. The highest BCUT2D eigenvalue weighted by Crippen LogP contribution is 2.27. The molecule has 2 atom stereocenters. The average molecular weight is 275 g/mol. The molecule has 1 aromatic carbocycles. The molecule has 0 aliphatic carbocycles. The van der Waals surface area contributed by atoms with E-state index in [1.54, 1.807) is 19.1 Å². The third kappa shape index (κ3) is 4.24. The quantitative estimate of drug-likeness (QED) is 0.868. The van der Waals surface area contributed by atoms with Crippen molar-refractivity contribution in [3.63, 3.8) is 0 Å². The molecule has 0 amide bonds. The maximum absolute atomic E-state index is 12.5. The average Bonchev–Trinajstić information content (AvgIpc) is 2.27. The third-order valence-corrected chi connectivity index (χ3v) is 2.98. The van der Waals surface area contributed by atoms with Crippen molar-refractivity contribution in [2.24, 2.45) is 5.92 Å². The molecule has 1 unspecified atom stereocenters. The normalized spacial score (nSPS) is 15.0. The van der Waals surface area contributed by atoms with Crippen molar-refractivity contribution in [1.29, 1.82) is 0 Å². The van der Waals surface area contributed by atoms with Crippen LogP contribution in [0.25, 0.3) is 0 Å². The first-order valence-electron chi connectivity index (χ1n) is 5.82. The van der Waals surface area contributed by atoms with Crippen molar-refractivity contribution in [3.8, 4) is 0 Å². The molecule has 3 nitrogen and oxygen atoms in total. The molecule has 1 rings (SSSR count). The van der Waals surface area contributed by atoms with Crippen LogP contribution in [0.15, 0.2) is 24.3 Å². The molecule has 0 aliphatic rings. The van der Waals surface area contributed by atoms with Gasteiger partial charge in [0.1, 0.15) is 0 Å². The molecule has 1 aromatic rings. The minimum absolute atomic E-state index is 0.342. The number of benzene rings is 1. The summed E-state index contributed by atoms with van der Waals surface area (Å²) in [6.45, 7) is 2.91. The van der Waals surface area contributed by atoms with Crippen LogP contribution in [0.1, 0.15) is 24.1 Å². The SMILES string of the molecule is Cc1ccccc1[C@@H](C)NCC(C(=O)O)C(F)(F)F. The fraction of sp³-hybridized carbons (Fsp3) is 0.462. The van der Waals surface area contributed by atoms with Gasteiger partial charge in [0.15, 0.2) is 5.92 Å². The molecule has 0 radical (unpaired) electrons. The third-order valence-electron chi connectivity index (χ3n) is 2.98. The number of carboxylic acids is 1. The summed E-state index contributed by atoms with van der Waals surface area (Å²) < 4.78 is 37.4. The summed E-state index contributed by atoms with van der Waals surface area (Å²) in [7, 11) is 0. The topological polar surface area (TPSA) is 49.3 Å². The summed E-state index contributed by atoms with van der Waals surface area (Å²) in [5, 5.41) is 11.2. The van der Waals surface area contributed by atoms with Gasteiger partial charge in [-0.3, -0.25) is 4.79 Å². The smallest absolute Gasteiger partial charge is 0.403 e. The molecule has 0 heterocycles. The van der Waals surface area contributed by atoms with E-state index in [0.717, 1.165) is 11.1 Å². The molecular formula is C13H16F3NO2. The molecular weight excluding hydrogens is 259 g/mol. The molecule has 19 heavy (non-hydrogen) atoms. The highest BCUT2D eigenvalue weighted by Gasteiger charge is 2.44. The number of alkyl halides is 3. The minimum atomic E-state index is -4.75. The zero-order chi connectivity index (χ0) is 14.6. The number of carboxylic acid groups (broad SMARTS) is 1. The van der Waals surface area contributed by atoms with Crippen LogP contribution >= 0.6 is 0 Å². The van der Waals surface area contributed by atoms with Crippen LogP contribution in [-0.2, 0) is 4.79 Å². The summed E-state index contributed by atoms with van der Waals surface area (Å²) in [4.78, 5) is 10.6. The van der Waals surface area contributed by atoms with Crippen LogP contribution in [0.5, 0.6) is 0 Å². The lowest BCUT2D eigenvalue weighted by atomic mass is 10.0. The predicted octanol–water partition coefficient (Wildman–Crippen LogP) is 2.91. The van der Waals surface area contributed by atoms with Gasteiger partial charge in [-0.2, -0.15) is 13.2 Å². The zero-order valence-electron chi connectivity index (χ0n) is 10.7. The van der Waals surface area contributed by atoms with E-state index in [2.05, 4.69) is 5.32 Å². The first kappa shape index (κ1) is 15.5. The Balaban J connectivity index is 2.70. The fourth-order valence-electron chi connectivity index (χ4n) is 1.82. The molecule has 0 spiro atoms. The summed E-state index contributed by atoms with van der Waals surface area (Å²) in [6.07, 6.45) is -4.75. The summed E-state index contributed by atoms with van der Waals surface area (Å²) >= 11 is 0. The maximum Gasteiger partial charge on any atom is 0.403 e. The van der Waals surface area contributed by atoms with Gasteiger partial charge in [0.05, 0.1) is 0 Å². The lowest BCUT2D eigenvalue weighted by Crippen LogP contribution is -2.39. The molecule has 0 fully saturated rings. The van der Waals surface area contributed by atoms with Gasteiger partial charge in [-0.05, 0) is 25.0 Å². The number of aliphatic carboxylic acids is 1. The van der Waals surface area contributed by atoms with Gasteiger partial charge < -0.3 is 10.4 Å². The summed E-state index contributed by atoms with van der Waals surface area (Å²) in [5.41, 5.74) is 1.80. The zero-order valence-corrected chi connectivity index (χ0v) is 10.7. The van der Waals surface area contributed by atoms with Gasteiger partial charge in [-0.1, -0.05) is 24.3 Å². The van der Waals surface area contributed by atoms with Crippen LogP contribution in [-0.4, -0.2) is 23.8 Å². The second-order valence-corrected chi connectivity index (χ2v) is 4.42. The van der Waals surface area contributed by atoms with Crippen LogP contribution in [0.3, 0.4) is 0 Å². The Kier molecular flexibility index (Phi) is 4.94. The molecule has 0 saturated heterocycles. The molecule has 0 bridgehead atoms. The lowest BCUT2D eigenvalue weighted by molar-refractivity contribution is -0.192. The monoisotopic (exact) mass is 275 g/mol. The number of hydrogen-bond donors (Lipinski definition) is 2. The van der Waals surface area contributed by atoms with Crippen LogP contribution in [0.4, 0.5) is 13.2 Å². The van der Waals surface area contributed by atoms with Crippen molar-refractivity contribution in [3.05, 3.63) is 35.4 Å². The highest BCUT2D eigenvalue weighted by molar-refractivity contribution is 5.71. The van der Waals surface area contributed by atoms with Crippen molar-refractivity contribution in [2.45, 2.75) is 26.1 Å². The molecule has 0 saturated carbocycles. The summed E-state index contributed by atoms with van der Waals surface area (Å²) in [5.74, 6) is -4.25. The second kappa shape index (κ2) is 6.06.